The molecule has 1 atom stereocenters. The van der Waals surface area contributed by atoms with E-state index in [1.165, 1.54) is 0 Å². The zero-order valence-corrected chi connectivity index (χ0v) is 12.5. The van der Waals surface area contributed by atoms with Crippen LogP contribution < -0.4 is 0 Å². The van der Waals surface area contributed by atoms with Gasteiger partial charge in [0.2, 0.25) is 0 Å². The number of carbonyl (C=O) groups is 1. The van der Waals surface area contributed by atoms with Gasteiger partial charge in [0.1, 0.15) is 6.10 Å². The summed E-state index contributed by atoms with van der Waals surface area (Å²) >= 11 is 11.8. The quantitative estimate of drug-likeness (QED) is 0.907. The third-order valence-corrected chi connectivity index (χ3v) is 3.98. The van der Waals surface area contributed by atoms with Gasteiger partial charge in [0.15, 0.2) is 0 Å². The number of ether oxygens (including phenoxy) is 1. The van der Waals surface area contributed by atoms with Gasteiger partial charge >= 0.3 is 0 Å². The fourth-order valence-corrected chi connectivity index (χ4v) is 2.54. The summed E-state index contributed by atoms with van der Waals surface area (Å²) in [6.07, 6.45) is 1.25. The van der Waals surface area contributed by atoms with Crippen LogP contribution in [0.2, 0.25) is 10.0 Å². The van der Waals surface area contributed by atoms with E-state index in [0.29, 0.717) is 23.2 Å². The number of halogens is 2. The lowest BCUT2D eigenvalue weighted by atomic mass is 10.1. The van der Waals surface area contributed by atoms with Crippen LogP contribution in [0.25, 0.3) is 0 Å². The number of aliphatic hydroxyl groups is 1. The molecule has 1 aromatic carbocycles. The minimum absolute atomic E-state index is 0.0809. The molecule has 0 radical (unpaired) electrons. The van der Waals surface area contributed by atoms with Crippen molar-refractivity contribution in [1.82, 2.24) is 4.90 Å². The molecule has 6 heteroatoms. The van der Waals surface area contributed by atoms with E-state index in [1.54, 1.807) is 17.0 Å². The lowest BCUT2D eigenvalue weighted by molar-refractivity contribution is -0.142. The van der Waals surface area contributed by atoms with Gasteiger partial charge in [-0.3, -0.25) is 4.79 Å². The summed E-state index contributed by atoms with van der Waals surface area (Å²) in [4.78, 5) is 13.9. The molecule has 0 aromatic heterocycles. The Balaban J connectivity index is 2.07. The summed E-state index contributed by atoms with van der Waals surface area (Å²) in [5, 5.41) is 10.1. The Kier molecular flexibility index (Phi) is 5.66. The Morgan fingerprint density at radius 3 is 2.80 bits per heavy atom. The van der Waals surface area contributed by atoms with Crippen molar-refractivity contribution in [3.63, 3.8) is 0 Å². The molecule has 1 unspecified atom stereocenters. The smallest absolute Gasteiger partial charge is 0.252 e. The van der Waals surface area contributed by atoms with Crippen LogP contribution in [-0.2, 0) is 16.1 Å². The summed E-state index contributed by atoms with van der Waals surface area (Å²) in [6, 6.07) is 5.26. The highest BCUT2D eigenvalue weighted by molar-refractivity contribution is 6.42. The van der Waals surface area contributed by atoms with E-state index in [-0.39, 0.29) is 25.2 Å². The zero-order chi connectivity index (χ0) is 14.5. The maximum absolute atomic E-state index is 12.3. The van der Waals surface area contributed by atoms with E-state index < -0.39 is 0 Å². The molecule has 1 aliphatic rings. The second-order valence-corrected chi connectivity index (χ2v) is 5.55. The van der Waals surface area contributed by atoms with Crippen LogP contribution in [0.4, 0.5) is 0 Å². The van der Waals surface area contributed by atoms with Gasteiger partial charge in [-0.2, -0.15) is 0 Å². The lowest BCUT2D eigenvalue weighted by Gasteiger charge is -2.24. The molecule has 1 aliphatic heterocycles. The number of nitrogens with zero attached hydrogens (tertiary/aromatic N) is 1. The largest absolute Gasteiger partial charge is 0.395 e. The molecule has 0 spiro atoms. The summed E-state index contributed by atoms with van der Waals surface area (Å²) in [6.45, 7) is 1.20. The van der Waals surface area contributed by atoms with Crippen molar-refractivity contribution in [2.75, 3.05) is 19.8 Å². The molecule has 0 saturated carbocycles. The molecule has 2 rings (SSSR count). The number of aliphatic hydroxyl groups excluding tert-OH is 1. The number of rotatable bonds is 5. The molecule has 110 valence electrons. The van der Waals surface area contributed by atoms with Gasteiger partial charge in [0.25, 0.3) is 5.91 Å². The first-order valence-corrected chi connectivity index (χ1v) is 7.32. The predicted octanol–water partition coefficient (Wildman–Crippen LogP) is 2.49. The summed E-state index contributed by atoms with van der Waals surface area (Å²) in [7, 11) is 0. The molecule has 1 aromatic rings. The third kappa shape index (κ3) is 3.85. The molecule has 1 N–H and O–H groups in total. The molecule has 0 aliphatic carbocycles. The van der Waals surface area contributed by atoms with Crippen molar-refractivity contribution in [1.29, 1.82) is 0 Å². The van der Waals surface area contributed by atoms with Crippen molar-refractivity contribution in [3.8, 4) is 0 Å². The second kappa shape index (κ2) is 7.27. The van der Waals surface area contributed by atoms with Crippen LogP contribution >= 0.6 is 23.2 Å². The standard InChI is InChI=1S/C14H17Cl2NO3/c15-11-4-3-10(8-12(11)16)9-17(5-6-18)14(19)13-2-1-7-20-13/h3-4,8,13,18H,1-2,5-7,9H2. The van der Waals surface area contributed by atoms with Gasteiger partial charge < -0.3 is 14.7 Å². The Morgan fingerprint density at radius 2 is 2.20 bits per heavy atom. The fourth-order valence-electron chi connectivity index (χ4n) is 2.22. The highest BCUT2D eigenvalue weighted by Crippen LogP contribution is 2.24. The van der Waals surface area contributed by atoms with Crippen molar-refractivity contribution in [2.45, 2.75) is 25.5 Å². The van der Waals surface area contributed by atoms with Crippen molar-refractivity contribution in [2.24, 2.45) is 0 Å². The van der Waals surface area contributed by atoms with Gasteiger partial charge in [-0.15, -0.1) is 0 Å². The maximum Gasteiger partial charge on any atom is 0.252 e. The first-order chi connectivity index (χ1) is 9.61. The molecule has 1 amide bonds. The highest BCUT2D eigenvalue weighted by atomic mass is 35.5. The summed E-state index contributed by atoms with van der Waals surface area (Å²) in [5.41, 5.74) is 0.874. The molecule has 0 bridgehead atoms. The molecule has 1 fully saturated rings. The second-order valence-electron chi connectivity index (χ2n) is 4.73. The van der Waals surface area contributed by atoms with Crippen LogP contribution in [0.5, 0.6) is 0 Å². The first-order valence-electron chi connectivity index (χ1n) is 6.57. The molecule has 4 nitrogen and oxygen atoms in total. The van der Waals surface area contributed by atoms with Crippen LogP contribution in [0, 0.1) is 0 Å². The molecule has 1 saturated heterocycles. The Morgan fingerprint density at radius 1 is 1.40 bits per heavy atom. The summed E-state index contributed by atoms with van der Waals surface area (Å²) < 4.78 is 5.40. The van der Waals surface area contributed by atoms with E-state index in [1.807, 2.05) is 6.07 Å². The van der Waals surface area contributed by atoms with Crippen LogP contribution in [-0.4, -0.2) is 41.8 Å². The number of hydrogen-bond acceptors (Lipinski definition) is 3. The number of carbonyl (C=O) groups excluding carboxylic acids is 1. The Labute approximate surface area is 128 Å². The van der Waals surface area contributed by atoms with Crippen molar-refractivity contribution >= 4 is 29.1 Å². The van der Waals surface area contributed by atoms with Crippen LogP contribution in [0.1, 0.15) is 18.4 Å². The third-order valence-electron chi connectivity index (χ3n) is 3.24. The number of amides is 1. The van der Waals surface area contributed by atoms with Crippen LogP contribution in [0.15, 0.2) is 18.2 Å². The van der Waals surface area contributed by atoms with Gasteiger partial charge in [-0.1, -0.05) is 29.3 Å². The van der Waals surface area contributed by atoms with Gasteiger partial charge in [0, 0.05) is 19.7 Å². The summed E-state index contributed by atoms with van der Waals surface area (Å²) in [5.74, 6) is -0.0809. The van der Waals surface area contributed by atoms with Crippen molar-refractivity contribution < 1.29 is 14.6 Å². The first kappa shape index (κ1) is 15.6. The van der Waals surface area contributed by atoms with Crippen molar-refractivity contribution in [3.05, 3.63) is 33.8 Å². The molecule has 1 heterocycles. The van der Waals surface area contributed by atoms with E-state index >= 15 is 0 Å². The van der Waals surface area contributed by atoms with Gasteiger partial charge in [-0.25, -0.2) is 0 Å². The minimum Gasteiger partial charge on any atom is -0.395 e. The van der Waals surface area contributed by atoms with E-state index in [9.17, 15) is 4.79 Å². The van der Waals surface area contributed by atoms with E-state index in [2.05, 4.69) is 0 Å². The van der Waals surface area contributed by atoms with Crippen LogP contribution in [0.3, 0.4) is 0 Å². The molecular weight excluding hydrogens is 301 g/mol. The monoisotopic (exact) mass is 317 g/mol. The highest BCUT2D eigenvalue weighted by Gasteiger charge is 2.28. The average Bonchev–Trinajstić information content (AvgIpc) is 2.95. The SMILES string of the molecule is O=C(C1CCCO1)N(CCO)Cc1ccc(Cl)c(Cl)c1. The average molecular weight is 318 g/mol. The number of hydrogen-bond donors (Lipinski definition) is 1. The predicted molar refractivity (Wildman–Crippen MR) is 77.9 cm³/mol. The molecule has 20 heavy (non-hydrogen) atoms. The maximum atomic E-state index is 12.3. The van der Waals surface area contributed by atoms with E-state index in [0.717, 1.165) is 18.4 Å². The lowest BCUT2D eigenvalue weighted by Crippen LogP contribution is -2.40. The minimum atomic E-state index is -0.385. The number of benzene rings is 1. The van der Waals surface area contributed by atoms with Gasteiger partial charge in [-0.05, 0) is 30.5 Å². The normalized spacial score (nSPS) is 18.2. The Bertz CT molecular complexity index is 475. The molecular formula is C14H17Cl2NO3. The zero-order valence-electron chi connectivity index (χ0n) is 11.0. The topological polar surface area (TPSA) is 49.8 Å². The van der Waals surface area contributed by atoms with E-state index in [4.69, 9.17) is 33.0 Å². The van der Waals surface area contributed by atoms with Gasteiger partial charge in [0.05, 0.1) is 16.7 Å². The Hall–Kier alpha value is -0.810. The fraction of sp³-hybridized carbons (Fsp3) is 0.500.